The second-order valence-electron chi connectivity index (χ2n) is 12.8. The van der Waals surface area contributed by atoms with E-state index >= 15 is 0 Å². The van der Waals surface area contributed by atoms with Crippen LogP contribution in [0, 0.1) is 6.92 Å². The minimum atomic E-state index is -0.324. The first kappa shape index (κ1) is 27.6. The van der Waals surface area contributed by atoms with E-state index in [1.54, 1.807) is 6.20 Å². The number of carbonyl (C=O) groups is 2. The van der Waals surface area contributed by atoms with Crippen LogP contribution in [-0.4, -0.2) is 64.3 Å². The van der Waals surface area contributed by atoms with Crippen molar-refractivity contribution in [1.29, 1.82) is 0 Å². The minimum Gasteiger partial charge on any atom is -0.379 e. The molecule has 1 aliphatic heterocycles. The number of imidazole rings is 2. The number of fused-ring (bicyclic) bond motifs is 2. The molecule has 12 nitrogen and oxygen atoms in total. The lowest BCUT2D eigenvalue weighted by Gasteiger charge is -2.17. The van der Waals surface area contributed by atoms with Crippen LogP contribution in [0.4, 0.5) is 16.2 Å². The number of likely N-dealkylation sites (N-methyl/N-ethyl adjacent to an activating group) is 1. The number of carbonyl (C=O) groups excluding carboxylic acids is 2. The topological polar surface area (TPSA) is 126 Å². The summed E-state index contributed by atoms with van der Waals surface area (Å²) < 4.78 is 4.02. The molecule has 3 aliphatic rings. The molecule has 234 valence electrons. The first-order valence-corrected chi connectivity index (χ1v) is 16.0. The molecule has 12 heteroatoms. The van der Waals surface area contributed by atoms with Crippen LogP contribution in [-0.2, 0) is 11.3 Å². The van der Waals surface area contributed by atoms with Gasteiger partial charge in [0.15, 0.2) is 5.65 Å². The second kappa shape index (κ2) is 10.4. The minimum absolute atomic E-state index is 0.0202. The van der Waals surface area contributed by atoms with Gasteiger partial charge in [0.05, 0.1) is 35.5 Å². The Hall–Kier alpha value is -5.65. The van der Waals surface area contributed by atoms with Crippen molar-refractivity contribution >= 4 is 39.9 Å². The molecular weight excluding hydrogens is 592 g/mol. The lowest BCUT2D eigenvalue weighted by Crippen LogP contribution is -2.30. The molecule has 6 aromatic rings. The average Bonchev–Trinajstić information content (AvgIpc) is 3.97. The standard InChI is InChI=1S/C35H32N10O2/c1-20-7-8-37-33(39-20)27-13-26(27)29-14-30(43-10-9-36-19-43)25-6-5-23(12-28(25)41-29)38-15-24-17-44-16-22(21-3-4-21)11-31(34(44)40-24)45-18-32(46)42(2)35(45)47/h5-12,14,16-17,19,21,26-27,38H,3-4,13,15,18H2,1-2H3/t26-,27-/m0/s1. The van der Waals surface area contributed by atoms with Gasteiger partial charge in [0.25, 0.3) is 0 Å². The summed E-state index contributed by atoms with van der Waals surface area (Å²) in [7, 11) is 1.52. The maximum Gasteiger partial charge on any atom is 0.331 e. The van der Waals surface area contributed by atoms with Crippen LogP contribution in [0.1, 0.15) is 65.5 Å². The van der Waals surface area contributed by atoms with E-state index < -0.39 is 0 Å². The Morgan fingerprint density at radius 3 is 2.62 bits per heavy atom. The zero-order valence-corrected chi connectivity index (χ0v) is 26.0. The van der Waals surface area contributed by atoms with Crippen molar-refractivity contribution < 1.29 is 9.59 Å². The lowest BCUT2D eigenvalue weighted by atomic mass is 10.1. The van der Waals surface area contributed by atoms with Gasteiger partial charge in [-0.25, -0.2) is 24.7 Å². The molecule has 0 bridgehead atoms. The number of aromatic nitrogens is 7. The van der Waals surface area contributed by atoms with Crippen molar-refractivity contribution in [1.82, 2.24) is 38.8 Å². The number of anilines is 2. The predicted molar refractivity (Wildman–Crippen MR) is 176 cm³/mol. The summed E-state index contributed by atoms with van der Waals surface area (Å²) in [5, 5.41) is 4.57. The number of urea groups is 1. The van der Waals surface area contributed by atoms with Crippen LogP contribution in [0.15, 0.2) is 73.7 Å². The van der Waals surface area contributed by atoms with Crippen molar-refractivity contribution in [2.75, 3.05) is 23.8 Å². The molecule has 0 unspecified atom stereocenters. The normalized spacial score (nSPS) is 19.4. The third-order valence-electron chi connectivity index (χ3n) is 9.51. The highest BCUT2D eigenvalue weighted by Gasteiger charge is 2.43. The maximum absolute atomic E-state index is 12.9. The molecule has 1 N–H and O–H groups in total. The molecule has 3 amide bonds. The van der Waals surface area contributed by atoms with Gasteiger partial charge < -0.3 is 14.3 Å². The van der Waals surface area contributed by atoms with Gasteiger partial charge in [0.1, 0.15) is 12.4 Å². The molecule has 0 spiro atoms. The number of hydrogen-bond acceptors (Lipinski definition) is 8. The van der Waals surface area contributed by atoms with Crippen molar-refractivity contribution in [2.24, 2.45) is 0 Å². The molecule has 3 fully saturated rings. The van der Waals surface area contributed by atoms with Gasteiger partial charge in [-0.1, -0.05) is 0 Å². The quantitative estimate of drug-likeness (QED) is 0.225. The van der Waals surface area contributed by atoms with E-state index in [1.165, 1.54) is 16.8 Å². The van der Waals surface area contributed by atoms with Crippen molar-refractivity contribution in [3.05, 3.63) is 102 Å². The Morgan fingerprint density at radius 1 is 0.957 bits per heavy atom. The van der Waals surface area contributed by atoms with Crippen LogP contribution < -0.4 is 10.2 Å². The molecule has 2 atom stereocenters. The van der Waals surface area contributed by atoms with Crippen LogP contribution in [0.5, 0.6) is 0 Å². The number of hydrogen-bond donors (Lipinski definition) is 1. The molecule has 5 aromatic heterocycles. The van der Waals surface area contributed by atoms with Gasteiger partial charge >= 0.3 is 6.03 Å². The fourth-order valence-electron chi connectivity index (χ4n) is 6.65. The number of nitrogens with one attached hydrogen (secondary N) is 1. The Bertz CT molecular complexity index is 2220. The average molecular weight is 625 g/mol. The van der Waals surface area contributed by atoms with Gasteiger partial charge in [-0.3, -0.25) is 19.6 Å². The van der Waals surface area contributed by atoms with E-state index in [4.69, 9.17) is 9.97 Å². The summed E-state index contributed by atoms with van der Waals surface area (Å²) in [5.41, 5.74) is 8.16. The molecule has 2 aliphatic carbocycles. The van der Waals surface area contributed by atoms with E-state index in [0.29, 0.717) is 23.8 Å². The largest absolute Gasteiger partial charge is 0.379 e. The zero-order chi connectivity index (χ0) is 31.8. The third kappa shape index (κ3) is 4.87. The highest BCUT2D eigenvalue weighted by molar-refractivity contribution is 6.13. The van der Waals surface area contributed by atoms with Crippen molar-refractivity contribution in [2.45, 2.75) is 50.5 Å². The fourth-order valence-corrected chi connectivity index (χ4v) is 6.65. The van der Waals surface area contributed by atoms with Crippen LogP contribution in [0.3, 0.4) is 0 Å². The summed E-state index contributed by atoms with van der Waals surface area (Å²) in [4.78, 5) is 51.5. The SMILES string of the molecule is Cc1ccnc([C@H]2C[C@@H]2c2cc(-n3ccnc3)c3ccc(NCc4cn5cc(C6CC6)cc(N6CC(=O)N(C)C6=O)c5n4)cc3n2)n1. The summed E-state index contributed by atoms with van der Waals surface area (Å²) in [6.07, 6.45) is 14.7. The zero-order valence-electron chi connectivity index (χ0n) is 26.0. The Morgan fingerprint density at radius 2 is 1.85 bits per heavy atom. The maximum atomic E-state index is 12.9. The van der Waals surface area contributed by atoms with Crippen LogP contribution >= 0.6 is 0 Å². The van der Waals surface area contributed by atoms with Crippen molar-refractivity contribution in [3.8, 4) is 5.69 Å². The predicted octanol–water partition coefficient (Wildman–Crippen LogP) is 5.33. The van der Waals surface area contributed by atoms with Crippen LogP contribution in [0.25, 0.3) is 22.2 Å². The Labute approximate surface area is 270 Å². The van der Waals surface area contributed by atoms with Gasteiger partial charge in [0, 0.05) is 72.3 Å². The molecular formula is C35H32N10O2. The highest BCUT2D eigenvalue weighted by atomic mass is 16.2. The first-order valence-electron chi connectivity index (χ1n) is 16.0. The molecule has 2 saturated carbocycles. The third-order valence-corrected chi connectivity index (χ3v) is 9.51. The summed E-state index contributed by atoms with van der Waals surface area (Å²) >= 11 is 0. The van der Waals surface area contributed by atoms with E-state index in [-0.39, 0.29) is 30.3 Å². The second-order valence-corrected chi connectivity index (χ2v) is 12.8. The highest BCUT2D eigenvalue weighted by Crippen LogP contribution is 2.53. The summed E-state index contributed by atoms with van der Waals surface area (Å²) in [6, 6.07) is 12.0. The number of imide groups is 1. The van der Waals surface area contributed by atoms with Crippen LogP contribution in [0.2, 0.25) is 0 Å². The molecule has 6 heterocycles. The number of benzene rings is 1. The lowest BCUT2D eigenvalue weighted by molar-refractivity contribution is -0.123. The Kier molecular flexibility index (Phi) is 6.14. The van der Waals surface area contributed by atoms with E-state index in [2.05, 4.69) is 50.7 Å². The Balaban J connectivity index is 1.03. The van der Waals surface area contributed by atoms with Gasteiger partial charge in [-0.15, -0.1) is 0 Å². The summed E-state index contributed by atoms with van der Waals surface area (Å²) in [6.45, 7) is 2.49. The molecule has 47 heavy (non-hydrogen) atoms. The number of nitrogens with zero attached hydrogens (tertiary/aromatic N) is 9. The monoisotopic (exact) mass is 624 g/mol. The van der Waals surface area contributed by atoms with Gasteiger partial charge in [0.2, 0.25) is 5.91 Å². The first-order chi connectivity index (χ1) is 22.9. The molecule has 1 aromatic carbocycles. The van der Waals surface area contributed by atoms with Gasteiger partial charge in [-0.2, -0.15) is 0 Å². The van der Waals surface area contributed by atoms with E-state index in [0.717, 1.165) is 70.0 Å². The smallest absolute Gasteiger partial charge is 0.331 e. The number of amides is 3. The van der Waals surface area contributed by atoms with E-state index in [1.807, 2.05) is 52.9 Å². The number of rotatable bonds is 8. The van der Waals surface area contributed by atoms with Crippen molar-refractivity contribution in [3.63, 3.8) is 0 Å². The molecule has 1 saturated heterocycles. The number of aryl methyl sites for hydroxylation is 1. The summed E-state index contributed by atoms with van der Waals surface area (Å²) in [5.74, 6) is 1.65. The van der Waals surface area contributed by atoms with E-state index in [9.17, 15) is 9.59 Å². The molecule has 9 rings (SSSR count). The molecule has 0 radical (unpaired) electrons. The number of pyridine rings is 2. The van der Waals surface area contributed by atoms with Gasteiger partial charge in [-0.05, 0) is 74.1 Å². The fraction of sp³-hybridized carbons (Fsp3) is 0.286.